The lowest BCUT2D eigenvalue weighted by Gasteiger charge is -2.28. The number of rotatable bonds is 11. The number of nitrogens with zero attached hydrogens (tertiary/aromatic N) is 3. The van der Waals surface area contributed by atoms with Crippen molar-refractivity contribution in [3.8, 4) is 22.5 Å². The van der Waals surface area contributed by atoms with Crippen molar-refractivity contribution >= 4 is 35.8 Å². The molecule has 2 aliphatic rings. The molecule has 51 heavy (non-hydrogen) atoms. The van der Waals surface area contributed by atoms with E-state index in [0.717, 1.165) is 66.3 Å². The van der Waals surface area contributed by atoms with Gasteiger partial charge in [-0.25, -0.2) is 0 Å². The van der Waals surface area contributed by atoms with Gasteiger partial charge in [-0.1, -0.05) is 30.3 Å². The van der Waals surface area contributed by atoms with Crippen molar-refractivity contribution in [2.24, 2.45) is 17.6 Å². The van der Waals surface area contributed by atoms with Gasteiger partial charge in [0.05, 0.1) is 6.10 Å². The minimum Gasteiger partial charge on any atom is -0.393 e. The first-order valence-electron chi connectivity index (χ1n) is 17.6. The third-order valence-corrected chi connectivity index (χ3v) is 10.2. The molecule has 270 valence electrons. The molecule has 3 aromatic carbocycles. The van der Waals surface area contributed by atoms with Crippen LogP contribution in [-0.4, -0.2) is 68.2 Å². The van der Waals surface area contributed by atoms with E-state index in [2.05, 4.69) is 36.6 Å². The van der Waals surface area contributed by atoms with Crippen LogP contribution >= 0.6 is 12.4 Å². The average Bonchev–Trinajstić information content (AvgIpc) is 3.68. The maximum Gasteiger partial charge on any atom is 0.251 e. The number of amides is 3. The summed E-state index contributed by atoms with van der Waals surface area (Å²) in [7, 11) is 0. The summed E-state index contributed by atoms with van der Waals surface area (Å²) in [4.78, 5) is 40.3. The average molecular weight is 715 g/mol. The summed E-state index contributed by atoms with van der Waals surface area (Å²) in [6, 6.07) is 20.0. The van der Waals surface area contributed by atoms with E-state index in [4.69, 9.17) is 5.73 Å². The van der Waals surface area contributed by atoms with Gasteiger partial charge in [0.25, 0.3) is 5.91 Å². The molecular formula is C38H47ClN8O4. The maximum absolute atomic E-state index is 13.7. The molecule has 2 fully saturated rings. The zero-order valence-electron chi connectivity index (χ0n) is 28.8. The Hall–Kier alpha value is -4.65. The fourth-order valence-electron chi connectivity index (χ4n) is 6.99. The van der Waals surface area contributed by atoms with Crippen LogP contribution in [0, 0.1) is 18.8 Å². The van der Waals surface area contributed by atoms with Crippen LogP contribution in [0.4, 0.5) is 5.69 Å². The number of halogens is 1. The van der Waals surface area contributed by atoms with Gasteiger partial charge in [0.1, 0.15) is 6.04 Å². The lowest BCUT2D eigenvalue weighted by atomic mass is 9.81. The lowest BCUT2D eigenvalue weighted by molar-refractivity contribution is -0.130. The molecule has 0 spiro atoms. The van der Waals surface area contributed by atoms with Gasteiger partial charge in [-0.3, -0.25) is 14.4 Å². The van der Waals surface area contributed by atoms with Crippen molar-refractivity contribution in [1.82, 2.24) is 31.3 Å². The zero-order chi connectivity index (χ0) is 35.0. The first kappa shape index (κ1) is 37.6. The predicted molar refractivity (Wildman–Crippen MR) is 198 cm³/mol. The molecule has 1 atom stereocenters. The number of aliphatic hydroxyl groups is 1. The molecule has 1 aromatic heterocycles. The second kappa shape index (κ2) is 17.5. The number of hydrogen-bond acceptors (Lipinski definition) is 8. The molecule has 0 bridgehead atoms. The second-order valence-corrected chi connectivity index (χ2v) is 13.7. The Bertz CT molecular complexity index is 1750. The second-order valence-electron chi connectivity index (χ2n) is 13.7. The van der Waals surface area contributed by atoms with E-state index in [-0.39, 0.29) is 48.2 Å². The van der Waals surface area contributed by atoms with Gasteiger partial charge >= 0.3 is 0 Å². The molecule has 0 unspecified atom stereocenters. The van der Waals surface area contributed by atoms with Gasteiger partial charge < -0.3 is 26.8 Å². The van der Waals surface area contributed by atoms with Crippen LogP contribution in [0.3, 0.4) is 0 Å². The van der Waals surface area contributed by atoms with E-state index in [0.29, 0.717) is 48.8 Å². The van der Waals surface area contributed by atoms with Crippen LogP contribution in [0.2, 0.25) is 0 Å². The topological polar surface area (TPSA) is 188 Å². The van der Waals surface area contributed by atoms with Gasteiger partial charge in [0.15, 0.2) is 0 Å². The number of carbonyl (C=O) groups excluding carboxylic acids is 3. The molecule has 7 N–H and O–H groups in total. The summed E-state index contributed by atoms with van der Waals surface area (Å²) in [5.41, 5.74) is 11.6. The molecular weight excluding hydrogens is 668 g/mol. The van der Waals surface area contributed by atoms with Gasteiger partial charge in [0, 0.05) is 35.2 Å². The molecule has 0 aliphatic heterocycles. The van der Waals surface area contributed by atoms with Crippen molar-refractivity contribution in [3.63, 3.8) is 0 Å². The van der Waals surface area contributed by atoms with Crippen LogP contribution in [0.5, 0.6) is 0 Å². The van der Waals surface area contributed by atoms with Gasteiger partial charge in [-0.2, -0.15) is 5.21 Å². The van der Waals surface area contributed by atoms with Crippen LogP contribution in [0.1, 0.15) is 72.9 Å². The highest BCUT2D eigenvalue weighted by molar-refractivity contribution is 5.98. The summed E-state index contributed by atoms with van der Waals surface area (Å²) >= 11 is 0. The molecule has 3 amide bonds. The van der Waals surface area contributed by atoms with E-state index in [9.17, 15) is 19.5 Å². The van der Waals surface area contributed by atoms with Gasteiger partial charge in [-0.15, -0.1) is 22.6 Å². The highest BCUT2D eigenvalue weighted by atomic mass is 35.5. The number of nitrogens with one attached hydrogen (secondary N) is 4. The summed E-state index contributed by atoms with van der Waals surface area (Å²) in [5.74, 6) is 0.202. The smallest absolute Gasteiger partial charge is 0.251 e. The number of hydrogen-bond donors (Lipinski definition) is 6. The highest BCUT2D eigenvalue weighted by Crippen LogP contribution is 2.29. The van der Waals surface area contributed by atoms with Crippen LogP contribution in [0.15, 0.2) is 66.7 Å². The summed E-state index contributed by atoms with van der Waals surface area (Å²) < 4.78 is 0. The predicted octanol–water partition coefficient (Wildman–Crippen LogP) is 4.73. The monoisotopic (exact) mass is 714 g/mol. The number of aliphatic hydroxyl groups excluding tert-OH is 1. The lowest BCUT2D eigenvalue weighted by Crippen LogP contribution is -2.48. The third kappa shape index (κ3) is 9.78. The van der Waals surface area contributed by atoms with Crippen LogP contribution < -0.4 is 21.7 Å². The number of aromatic nitrogens is 4. The molecule has 1 heterocycles. The largest absolute Gasteiger partial charge is 0.393 e. The maximum atomic E-state index is 13.7. The van der Waals surface area contributed by atoms with Gasteiger partial charge in [0.2, 0.25) is 17.6 Å². The highest BCUT2D eigenvalue weighted by Gasteiger charge is 2.29. The fraction of sp³-hybridized carbons (Fsp3) is 0.421. The normalized spacial score (nSPS) is 20.8. The van der Waals surface area contributed by atoms with Crippen molar-refractivity contribution in [3.05, 3.63) is 83.4 Å². The van der Waals surface area contributed by atoms with Gasteiger partial charge in [-0.05, 0) is 135 Å². The minimum absolute atomic E-state index is 0. The molecule has 4 aromatic rings. The summed E-state index contributed by atoms with van der Waals surface area (Å²) in [6.07, 6.45) is 6.31. The molecule has 0 saturated heterocycles. The first-order chi connectivity index (χ1) is 24.2. The van der Waals surface area contributed by atoms with E-state index in [1.54, 1.807) is 24.3 Å². The number of tetrazole rings is 1. The van der Waals surface area contributed by atoms with Crippen LogP contribution in [0.25, 0.3) is 22.5 Å². The number of anilines is 1. The number of nitrogens with two attached hydrogens (primary N) is 1. The number of benzene rings is 3. The first-order valence-corrected chi connectivity index (χ1v) is 17.6. The van der Waals surface area contributed by atoms with Crippen LogP contribution in [-0.2, 0) is 16.0 Å². The summed E-state index contributed by atoms with van der Waals surface area (Å²) in [6.45, 7) is 2.64. The number of aryl methyl sites for hydroxylation is 1. The van der Waals surface area contributed by atoms with Crippen molar-refractivity contribution in [2.45, 2.75) is 82.9 Å². The molecule has 2 aliphatic carbocycles. The van der Waals surface area contributed by atoms with E-state index in [1.165, 1.54) is 0 Å². The Morgan fingerprint density at radius 2 is 1.59 bits per heavy atom. The number of H-pyrrole nitrogens is 1. The Morgan fingerprint density at radius 3 is 2.24 bits per heavy atom. The Balaban J connectivity index is 0.00000504. The molecule has 6 rings (SSSR count). The minimum atomic E-state index is -0.799. The van der Waals surface area contributed by atoms with Crippen molar-refractivity contribution in [2.75, 3.05) is 11.9 Å². The Kier molecular flexibility index (Phi) is 12.9. The third-order valence-electron chi connectivity index (χ3n) is 10.2. The molecule has 2 saturated carbocycles. The fourth-order valence-corrected chi connectivity index (χ4v) is 6.99. The standard InChI is InChI=1S/C38H46N8O4.ClH/c1-23-2-7-29(37(49)40-31-16-18-32(47)19-17-31)21-33(23)26-8-3-24(4-9-26)20-34(42-36(48)28-10-5-25(22-39)6-11-28)38(50)41-30-14-12-27(13-15-30)35-43-45-46-44-35;/h2-4,7-9,12-15,21,25,28,31-32,34,47H,5-6,10-11,16-20,22,39H2,1H3,(H,40,49)(H,41,50)(H,42,48)(H,43,44,45,46);1H/t25-,28-,31-,32-,34-;/m0./s1. The van der Waals surface area contributed by atoms with E-state index < -0.39 is 6.04 Å². The number of aromatic amines is 1. The van der Waals surface area contributed by atoms with E-state index >= 15 is 0 Å². The Morgan fingerprint density at radius 1 is 0.902 bits per heavy atom. The molecule has 0 radical (unpaired) electrons. The van der Waals surface area contributed by atoms with Crippen molar-refractivity contribution < 1.29 is 19.5 Å². The molecule has 12 nitrogen and oxygen atoms in total. The quantitative estimate of drug-likeness (QED) is 0.129. The summed E-state index contributed by atoms with van der Waals surface area (Å²) in [5, 5.41) is 33.0. The van der Waals surface area contributed by atoms with E-state index in [1.807, 2.05) is 49.4 Å². The zero-order valence-corrected chi connectivity index (χ0v) is 29.6. The number of carbonyl (C=O) groups is 3. The van der Waals surface area contributed by atoms with Crippen molar-refractivity contribution in [1.29, 1.82) is 0 Å². The SMILES string of the molecule is Cc1ccc(C(=O)N[C@H]2CC[C@H](O)CC2)cc1-c1ccc(C[C@H](NC(=O)[C@H]2CC[C@H](CN)CC2)C(=O)Nc2ccc(-c3nn[nH]n3)cc2)cc1.Cl. The Labute approximate surface area is 304 Å². The molecule has 13 heteroatoms.